The number of carbonyl (C=O) groups excluding carboxylic acids is 3. The number of aromatic nitrogens is 2. The molecule has 4 atom stereocenters. The number of carboxylic acid groups (broad SMARTS) is 1. The highest BCUT2D eigenvalue weighted by Crippen LogP contribution is 2.33. The summed E-state index contributed by atoms with van der Waals surface area (Å²) in [6.45, 7) is 20.3. The highest BCUT2D eigenvalue weighted by atomic mass is 16.5. The van der Waals surface area contributed by atoms with Crippen molar-refractivity contribution in [1.29, 1.82) is 0 Å². The summed E-state index contributed by atoms with van der Waals surface area (Å²) < 4.78 is 10.9. The van der Waals surface area contributed by atoms with E-state index in [1.807, 2.05) is 83.1 Å². The number of urea groups is 2. The molecule has 18 nitrogen and oxygen atoms in total. The predicted molar refractivity (Wildman–Crippen MR) is 286 cm³/mol. The minimum Gasteiger partial charge on any atom is -0.477 e. The fourth-order valence-corrected chi connectivity index (χ4v) is 9.10. The highest BCUT2D eigenvalue weighted by Gasteiger charge is 2.27. The number of amides is 4. The molecule has 4 aliphatic heterocycles. The molecular formula is C55H77N9O9. The molecule has 18 heteroatoms. The van der Waals surface area contributed by atoms with Crippen LogP contribution in [0, 0.1) is 25.7 Å². The Morgan fingerprint density at radius 1 is 0.658 bits per heavy atom. The Hall–Kier alpha value is -6.18. The SMILES string of the molecule is CC[C@@H]1CCN(C(=O)Nc2ccc(C)c(-c3cc(C(=O)CC[C@@H](C)O)nc(N4CCOCC4)c3)c2)C1.CC[C@@H]1CCN(C(=O)Nc2ccc(C)c(-c3cc(C(=O)O)nc(N4CCOCC4)c3)c2)C1.C[C@@H](O)CN. The molecule has 0 spiro atoms. The molecule has 0 aliphatic carbocycles. The maximum Gasteiger partial charge on any atom is 0.354 e. The van der Waals surface area contributed by atoms with Crippen molar-refractivity contribution in [2.24, 2.45) is 17.6 Å². The number of aromatic carboxylic acids is 1. The van der Waals surface area contributed by atoms with E-state index in [9.17, 15) is 29.4 Å². The Morgan fingerprint density at radius 2 is 1.08 bits per heavy atom. The summed E-state index contributed by atoms with van der Waals surface area (Å²) in [7, 11) is 0. The van der Waals surface area contributed by atoms with Gasteiger partial charge < -0.3 is 60.8 Å². The topological polar surface area (TPSA) is 236 Å². The molecule has 8 rings (SSSR count). The molecule has 4 fully saturated rings. The molecule has 4 aromatic rings. The van der Waals surface area contributed by atoms with Crippen LogP contribution >= 0.6 is 0 Å². The van der Waals surface area contributed by atoms with Gasteiger partial charge in [-0.25, -0.2) is 24.4 Å². The van der Waals surface area contributed by atoms with Gasteiger partial charge in [0.25, 0.3) is 0 Å². The van der Waals surface area contributed by atoms with Crippen LogP contribution in [-0.4, -0.2) is 156 Å². The number of nitrogens with one attached hydrogen (secondary N) is 2. The maximum atomic E-state index is 13.0. The number of aryl methyl sites for hydroxylation is 2. The number of morpholine rings is 2. The molecule has 0 bridgehead atoms. The number of pyridine rings is 2. The van der Waals surface area contributed by atoms with Crippen molar-refractivity contribution in [2.45, 2.75) is 92.3 Å². The van der Waals surface area contributed by atoms with E-state index in [0.29, 0.717) is 94.6 Å². The van der Waals surface area contributed by atoms with E-state index >= 15 is 0 Å². The molecule has 7 N–H and O–H groups in total. The number of aliphatic hydroxyl groups is 2. The molecule has 0 radical (unpaired) electrons. The molecule has 4 amide bonds. The Bertz CT molecular complexity index is 2490. The first-order valence-corrected chi connectivity index (χ1v) is 25.9. The lowest BCUT2D eigenvalue weighted by atomic mass is 9.98. The average Bonchev–Trinajstić information content (AvgIpc) is 4.11. The predicted octanol–water partition coefficient (Wildman–Crippen LogP) is 7.68. The van der Waals surface area contributed by atoms with Gasteiger partial charge in [-0.1, -0.05) is 38.8 Å². The summed E-state index contributed by atoms with van der Waals surface area (Å²) in [5, 5.41) is 33.6. The lowest BCUT2D eigenvalue weighted by molar-refractivity contribution is 0.0690. The third-order valence-electron chi connectivity index (χ3n) is 13.8. The maximum absolute atomic E-state index is 13.0. The number of aliphatic hydroxyl groups excluding tert-OH is 2. The Kier molecular flexibility index (Phi) is 20.9. The Morgan fingerprint density at radius 3 is 1.47 bits per heavy atom. The van der Waals surface area contributed by atoms with Crippen LogP contribution in [0.3, 0.4) is 0 Å². The van der Waals surface area contributed by atoms with E-state index in [0.717, 1.165) is 96.7 Å². The van der Waals surface area contributed by atoms with Crippen molar-refractivity contribution < 1.29 is 44.0 Å². The molecule has 6 heterocycles. The number of hydrogen-bond acceptors (Lipinski definition) is 13. The van der Waals surface area contributed by atoms with Crippen LogP contribution in [0.4, 0.5) is 32.6 Å². The molecule has 73 heavy (non-hydrogen) atoms. The highest BCUT2D eigenvalue weighted by molar-refractivity contribution is 5.97. The first-order valence-electron chi connectivity index (χ1n) is 25.9. The number of ether oxygens (including phenoxy) is 2. The standard InChI is InChI=1S/C28H38N4O4.C24H30N4O4.C3H9NO/c1-4-21-9-10-32(18-21)28(35)29-23-7-5-19(2)24(17-23)22-15-25(26(34)8-6-20(3)33)30-27(16-22)31-11-13-36-14-12-31;1-3-17-6-7-28(15-17)24(31)25-19-5-4-16(2)20(14-19)18-12-21(23(29)30)26-22(13-18)27-8-10-32-11-9-27;1-3(5)2-4/h5,7,15-17,20-21,33H,4,6,8-14,18H2,1-3H3,(H,29,35);4-5,12-14,17H,3,6-11,15H2,1-2H3,(H,25,31)(H,29,30);3,5H,2,4H2,1H3/t20-,21-;17-;3-/m111/s1. The van der Waals surface area contributed by atoms with E-state index in [2.05, 4.69) is 34.4 Å². The third-order valence-corrected chi connectivity index (χ3v) is 13.8. The monoisotopic (exact) mass is 1010 g/mol. The van der Waals surface area contributed by atoms with Crippen molar-refractivity contribution in [2.75, 3.05) is 106 Å². The largest absolute Gasteiger partial charge is 0.477 e. The van der Waals surface area contributed by atoms with Gasteiger partial charge in [0.1, 0.15) is 17.3 Å². The van der Waals surface area contributed by atoms with Crippen LogP contribution in [0.5, 0.6) is 0 Å². The summed E-state index contributed by atoms with van der Waals surface area (Å²) in [5.41, 5.74) is 12.2. The summed E-state index contributed by atoms with van der Waals surface area (Å²) in [5.74, 6) is 1.35. The molecule has 2 aromatic carbocycles. The summed E-state index contributed by atoms with van der Waals surface area (Å²) in [6, 6.07) is 18.8. The fourth-order valence-electron chi connectivity index (χ4n) is 9.10. The smallest absolute Gasteiger partial charge is 0.354 e. The number of likely N-dealkylation sites (tertiary alicyclic amines) is 2. The van der Waals surface area contributed by atoms with Gasteiger partial charge in [0, 0.05) is 76.7 Å². The second-order valence-electron chi connectivity index (χ2n) is 19.5. The minimum atomic E-state index is -1.07. The van der Waals surface area contributed by atoms with Crippen molar-refractivity contribution in [3.05, 3.63) is 83.2 Å². The number of hydrogen-bond donors (Lipinski definition) is 6. The number of anilines is 4. The summed E-state index contributed by atoms with van der Waals surface area (Å²) in [6.07, 6.45) is 4.02. The van der Waals surface area contributed by atoms with Gasteiger partial charge in [-0.15, -0.1) is 0 Å². The second kappa shape index (κ2) is 27.2. The first-order chi connectivity index (χ1) is 35.0. The number of benzene rings is 2. The zero-order chi connectivity index (χ0) is 52.6. The van der Waals surface area contributed by atoms with Gasteiger partial charge in [-0.2, -0.15) is 0 Å². The number of carbonyl (C=O) groups is 4. The van der Waals surface area contributed by atoms with Crippen LogP contribution in [0.25, 0.3) is 22.3 Å². The van der Waals surface area contributed by atoms with Crippen molar-refractivity contribution in [1.82, 2.24) is 19.8 Å². The molecule has 0 unspecified atom stereocenters. The lowest BCUT2D eigenvalue weighted by Crippen LogP contribution is -2.37. The number of nitrogens with zero attached hydrogens (tertiary/aromatic N) is 6. The number of Topliss-reactive ketones (excluding diaryl/α,β-unsaturated/α-hetero) is 1. The van der Waals surface area contributed by atoms with Gasteiger partial charge >= 0.3 is 18.0 Å². The zero-order valence-corrected chi connectivity index (χ0v) is 43.6. The lowest BCUT2D eigenvalue weighted by Gasteiger charge is -2.28. The van der Waals surface area contributed by atoms with E-state index in [1.165, 1.54) is 0 Å². The number of rotatable bonds is 14. The van der Waals surface area contributed by atoms with Crippen LogP contribution < -0.4 is 26.2 Å². The van der Waals surface area contributed by atoms with Crippen LogP contribution in [0.15, 0.2) is 60.7 Å². The van der Waals surface area contributed by atoms with E-state index < -0.39 is 12.1 Å². The van der Waals surface area contributed by atoms with E-state index in [1.54, 1.807) is 19.9 Å². The summed E-state index contributed by atoms with van der Waals surface area (Å²) >= 11 is 0. The number of carboxylic acids is 1. The molecule has 396 valence electrons. The number of ketones is 1. The molecular weight excluding hydrogens is 931 g/mol. The van der Waals surface area contributed by atoms with Gasteiger partial charge in [-0.05, 0) is 141 Å². The number of nitrogens with two attached hydrogens (primary N) is 1. The molecule has 2 aromatic heterocycles. The van der Waals surface area contributed by atoms with E-state index in [4.69, 9.17) is 25.3 Å². The second-order valence-corrected chi connectivity index (χ2v) is 19.5. The quantitative estimate of drug-likeness (QED) is 0.0665. The van der Waals surface area contributed by atoms with Crippen LogP contribution in [0.1, 0.15) is 98.3 Å². The van der Waals surface area contributed by atoms with Crippen LogP contribution in [-0.2, 0) is 9.47 Å². The van der Waals surface area contributed by atoms with E-state index in [-0.39, 0.29) is 36.1 Å². The Labute approximate surface area is 430 Å². The average molecular weight is 1010 g/mol. The first kappa shape index (κ1) is 56.1. The van der Waals surface area contributed by atoms with Crippen molar-refractivity contribution in [3.8, 4) is 22.3 Å². The van der Waals surface area contributed by atoms with Gasteiger partial charge in [0.05, 0.1) is 38.6 Å². The zero-order valence-electron chi connectivity index (χ0n) is 43.6. The van der Waals surface area contributed by atoms with Gasteiger partial charge in [0.15, 0.2) is 11.5 Å². The minimum absolute atomic E-state index is 0.000467. The Balaban J connectivity index is 0.000000219. The van der Waals surface area contributed by atoms with Gasteiger partial charge in [-0.3, -0.25) is 4.79 Å². The van der Waals surface area contributed by atoms with Gasteiger partial charge in [0.2, 0.25) is 0 Å². The third kappa shape index (κ3) is 16.2. The fraction of sp³-hybridized carbons (Fsp3) is 0.527. The molecule has 4 aliphatic rings. The van der Waals surface area contributed by atoms with Crippen LogP contribution in [0.2, 0.25) is 0 Å². The van der Waals surface area contributed by atoms with Crippen molar-refractivity contribution in [3.63, 3.8) is 0 Å². The van der Waals surface area contributed by atoms with Crippen molar-refractivity contribution >= 4 is 46.8 Å². The normalized spacial score (nSPS) is 18.5. The summed E-state index contributed by atoms with van der Waals surface area (Å²) in [4.78, 5) is 67.3. The molecule has 4 saturated heterocycles. The molecule has 0 saturated carbocycles.